The van der Waals surface area contributed by atoms with Crippen molar-refractivity contribution in [1.29, 1.82) is 0 Å². The summed E-state index contributed by atoms with van der Waals surface area (Å²) in [5.74, 6) is -0.863. The molecule has 1 aromatic rings. The van der Waals surface area contributed by atoms with E-state index in [1.165, 1.54) is 0 Å². The van der Waals surface area contributed by atoms with E-state index in [1.807, 2.05) is 19.1 Å². The molecule has 1 N–H and O–H groups in total. The molecule has 0 saturated carbocycles. The zero-order valence-electron chi connectivity index (χ0n) is 7.68. The minimum Gasteiger partial charge on any atom is -0.481 e. The van der Waals surface area contributed by atoms with E-state index in [1.54, 1.807) is 0 Å². The Balaban J connectivity index is 3.13. The van der Waals surface area contributed by atoms with Crippen molar-refractivity contribution in [1.82, 2.24) is 0 Å². The van der Waals surface area contributed by atoms with Gasteiger partial charge >= 0.3 is 5.97 Å². The van der Waals surface area contributed by atoms with Gasteiger partial charge in [-0.25, -0.2) is 0 Å². The van der Waals surface area contributed by atoms with Crippen molar-refractivity contribution in [2.75, 3.05) is 0 Å². The van der Waals surface area contributed by atoms with Gasteiger partial charge in [0.1, 0.15) is 0 Å². The first-order valence-corrected chi connectivity index (χ1v) is 5.60. The zero-order chi connectivity index (χ0) is 10.7. The lowest BCUT2D eigenvalue weighted by Gasteiger charge is -2.07. The molecule has 14 heavy (non-hydrogen) atoms. The largest absolute Gasteiger partial charge is 0.481 e. The predicted octanol–water partition coefficient (Wildman–Crippen LogP) is 3.17. The van der Waals surface area contributed by atoms with E-state index in [9.17, 15) is 4.79 Å². The lowest BCUT2D eigenvalue weighted by Crippen LogP contribution is -2.02. The maximum atomic E-state index is 10.6. The minimum absolute atomic E-state index is 0.0273. The molecule has 0 heterocycles. The second kappa shape index (κ2) is 4.80. The highest BCUT2D eigenvalue weighted by Gasteiger charge is 2.09. The summed E-state index contributed by atoms with van der Waals surface area (Å²) >= 11 is 9.31. The van der Waals surface area contributed by atoms with E-state index < -0.39 is 5.97 Å². The van der Waals surface area contributed by atoms with Crippen molar-refractivity contribution >= 4 is 33.5 Å². The number of hydrogen-bond donors (Lipinski definition) is 1. The van der Waals surface area contributed by atoms with Gasteiger partial charge < -0.3 is 5.11 Å². The average molecular weight is 278 g/mol. The number of benzene rings is 1. The fraction of sp³-hybridized carbons (Fsp3) is 0.300. The first-order valence-electron chi connectivity index (χ1n) is 4.10. The zero-order valence-corrected chi connectivity index (χ0v) is 10.0. The highest BCUT2D eigenvalue weighted by Crippen LogP contribution is 2.24. The fourth-order valence-corrected chi connectivity index (χ4v) is 1.79. The molecule has 0 spiro atoms. The van der Waals surface area contributed by atoms with Crippen LogP contribution in [0.15, 0.2) is 12.1 Å². The Morgan fingerprint density at radius 2 is 2.21 bits per heavy atom. The third-order valence-electron chi connectivity index (χ3n) is 1.89. The second-order valence-corrected chi connectivity index (χ2v) is 4.03. The number of aryl methyl sites for hydroxylation is 1. The van der Waals surface area contributed by atoms with E-state index in [0.29, 0.717) is 15.9 Å². The Morgan fingerprint density at radius 3 is 2.71 bits per heavy atom. The van der Waals surface area contributed by atoms with Crippen LogP contribution in [0.3, 0.4) is 0 Å². The number of halogens is 2. The summed E-state index contributed by atoms with van der Waals surface area (Å²) < 4.78 is 0. The van der Waals surface area contributed by atoms with Crippen molar-refractivity contribution < 1.29 is 9.90 Å². The van der Waals surface area contributed by atoms with E-state index in [4.69, 9.17) is 16.7 Å². The Bertz CT molecular complexity index is 363. The van der Waals surface area contributed by atoms with Gasteiger partial charge in [0.05, 0.1) is 6.42 Å². The summed E-state index contributed by atoms with van der Waals surface area (Å²) in [7, 11) is 0. The fourth-order valence-electron chi connectivity index (χ4n) is 1.29. The summed E-state index contributed by atoms with van der Waals surface area (Å²) in [6.07, 6.45) is -0.0273. The van der Waals surface area contributed by atoms with E-state index in [2.05, 4.69) is 15.9 Å². The molecular formula is C10H10BrClO2. The quantitative estimate of drug-likeness (QED) is 0.862. The van der Waals surface area contributed by atoms with Crippen LogP contribution in [0.5, 0.6) is 0 Å². The van der Waals surface area contributed by atoms with Gasteiger partial charge in [0.25, 0.3) is 0 Å². The predicted molar refractivity (Wildman–Crippen MR) is 60.2 cm³/mol. The molecule has 0 aliphatic heterocycles. The van der Waals surface area contributed by atoms with Crippen molar-refractivity contribution in [3.05, 3.63) is 33.8 Å². The van der Waals surface area contributed by atoms with Gasteiger partial charge in [0, 0.05) is 10.4 Å². The molecule has 0 aliphatic rings. The van der Waals surface area contributed by atoms with Crippen LogP contribution in [0.1, 0.15) is 16.7 Å². The van der Waals surface area contributed by atoms with Gasteiger partial charge in [-0.15, -0.1) is 0 Å². The molecule has 1 rings (SSSR count). The van der Waals surface area contributed by atoms with Crippen LogP contribution in [-0.2, 0) is 16.5 Å². The maximum absolute atomic E-state index is 10.6. The number of carboxylic acid groups (broad SMARTS) is 1. The van der Waals surface area contributed by atoms with Crippen molar-refractivity contribution in [3.8, 4) is 0 Å². The molecule has 76 valence electrons. The number of carboxylic acids is 1. The summed E-state index contributed by atoms with van der Waals surface area (Å²) in [4.78, 5) is 10.6. The van der Waals surface area contributed by atoms with Gasteiger partial charge in [-0.2, -0.15) is 0 Å². The highest BCUT2D eigenvalue weighted by molar-refractivity contribution is 9.08. The van der Waals surface area contributed by atoms with Crippen LogP contribution < -0.4 is 0 Å². The van der Waals surface area contributed by atoms with Crippen LogP contribution in [0.4, 0.5) is 0 Å². The number of carbonyl (C=O) groups is 1. The second-order valence-electron chi connectivity index (χ2n) is 3.09. The molecule has 2 nitrogen and oxygen atoms in total. The Kier molecular flexibility index (Phi) is 3.96. The molecule has 0 amide bonds. The lowest BCUT2D eigenvalue weighted by molar-refractivity contribution is -0.136. The summed E-state index contributed by atoms with van der Waals surface area (Å²) in [5.41, 5.74) is 2.64. The molecule has 0 unspecified atom stereocenters. The first kappa shape index (κ1) is 11.5. The molecule has 0 aromatic heterocycles. The molecule has 0 fully saturated rings. The number of alkyl halides is 1. The van der Waals surface area contributed by atoms with Crippen LogP contribution >= 0.6 is 27.5 Å². The Morgan fingerprint density at radius 1 is 1.57 bits per heavy atom. The average Bonchev–Trinajstić information content (AvgIpc) is 2.11. The molecule has 0 atom stereocenters. The Hall–Kier alpha value is -0.540. The van der Waals surface area contributed by atoms with Gasteiger partial charge in [0.2, 0.25) is 0 Å². The SMILES string of the molecule is Cc1cc(CBr)cc(CC(=O)O)c1Cl. The third kappa shape index (κ3) is 2.72. The van der Waals surface area contributed by atoms with Crippen molar-refractivity contribution in [2.24, 2.45) is 0 Å². The molecule has 0 saturated heterocycles. The molecule has 0 aliphatic carbocycles. The van der Waals surface area contributed by atoms with Crippen molar-refractivity contribution in [3.63, 3.8) is 0 Å². The summed E-state index contributed by atoms with van der Waals surface area (Å²) in [6.45, 7) is 1.87. The van der Waals surface area contributed by atoms with Gasteiger partial charge in [0.15, 0.2) is 0 Å². The number of aliphatic carboxylic acids is 1. The molecule has 0 radical (unpaired) electrons. The standard InChI is InChI=1S/C10H10BrClO2/c1-6-2-7(5-11)3-8(10(6)12)4-9(13)14/h2-3H,4-5H2,1H3,(H,13,14). The molecule has 0 bridgehead atoms. The van der Waals surface area contributed by atoms with Gasteiger partial charge in [-0.1, -0.05) is 39.7 Å². The smallest absolute Gasteiger partial charge is 0.307 e. The van der Waals surface area contributed by atoms with Crippen LogP contribution in [0.25, 0.3) is 0 Å². The third-order valence-corrected chi connectivity index (χ3v) is 3.07. The van der Waals surface area contributed by atoms with Crippen LogP contribution in [-0.4, -0.2) is 11.1 Å². The van der Waals surface area contributed by atoms with Crippen LogP contribution in [0, 0.1) is 6.92 Å². The lowest BCUT2D eigenvalue weighted by atomic mass is 10.1. The molecule has 4 heteroatoms. The highest BCUT2D eigenvalue weighted by atomic mass is 79.9. The summed E-state index contributed by atoms with van der Waals surface area (Å²) in [6, 6.07) is 3.76. The van der Waals surface area contributed by atoms with E-state index in [0.717, 1.165) is 11.1 Å². The van der Waals surface area contributed by atoms with Crippen molar-refractivity contribution in [2.45, 2.75) is 18.7 Å². The van der Waals surface area contributed by atoms with E-state index in [-0.39, 0.29) is 6.42 Å². The summed E-state index contributed by atoms with van der Waals surface area (Å²) in [5, 5.41) is 9.93. The molecular weight excluding hydrogens is 267 g/mol. The number of rotatable bonds is 3. The van der Waals surface area contributed by atoms with E-state index >= 15 is 0 Å². The van der Waals surface area contributed by atoms with Crippen LogP contribution in [0.2, 0.25) is 5.02 Å². The molecule has 1 aromatic carbocycles. The monoisotopic (exact) mass is 276 g/mol. The Labute approximate surface area is 96.0 Å². The number of hydrogen-bond acceptors (Lipinski definition) is 1. The first-order chi connectivity index (χ1) is 6.54. The van der Waals surface area contributed by atoms with Gasteiger partial charge in [-0.05, 0) is 23.6 Å². The maximum Gasteiger partial charge on any atom is 0.307 e. The van der Waals surface area contributed by atoms with Gasteiger partial charge in [-0.3, -0.25) is 4.79 Å². The normalized spacial score (nSPS) is 10.2. The topological polar surface area (TPSA) is 37.3 Å². The minimum atomic E-state index is -0.863.